The Kier molecular flexibility index (Phi) is 6.38. The number of nitrogens with zero attached hydrogens (tertiary/aromatic N) is 3. The van der Waals surface area contributed by atoms with Crippen molar-refractivity contribution in [2.75, 3.05) is 12.3 Å². The first-order chi connectivity index (χ1) is 12.7. The molecule has 1 N–H and O–H groups in total. The van der Waals surface area contributed by atoms with Gasteiger partial charge in [0.1, 0.15) is 5.82 Å². The van der Waals surface area contributed by atoms with Gasteiger partial charge in [-0.15, -0.1) is 5.10 Å². The minimum atomic E-state index is -0.254. The zero-order valence-electron chi connectivity index (χ0n) is 14.1. The lowest BCUT2D eigenvalue weighted by molar-refractivity contribution is 0.0951. The maximum absolute atomic E-state index is 13.5. The molecule has 0 aliphatic carbocycles. The monoisotopic (exact) mass is 370 g/mol. The van der Waals surface area contributed by atoms with Crippen molar-refractivity contribution < 1.29 is 9.18 Å². The van der Waals surface area contributed by atoms with Gasteiger partial charge in [0.15, 0.2) is 5.69 Å². The number of carbonyl (C=O) groups excluding carboxylic acids is 1. The van der Waals surface area contributed by atoms with E-state index in [1.165, 1.54) is 6.07 Å². The van der Waals surface area contributed by atoms with Gasteiger partial charge in [-0.25, -0.2) is 9.07 Å². The van der Waals surface area contributed by atoms with Crippen molar-refractivity contribution in [3.05, 3.63) is 83.4 Å². The number of thioether (sulfide) groups is 1. The fourth-order valence-electron chi connectivity index (χ4n) is 2.38. The number of nitrogens with one attached hydrogen (secondary N) is 1. The molecule has 0 saturated heterocycles. The van der Waals surface area contributed by atoms with Gasteiger partial charge in [-0.3, -0.25) is 4.79 Å². The van der Waals surface area contributed by atoms with E-state index in [1.54, 1.807) is 34.8 Å². The minimum Gasteiger partial charge on any atom is -0.350 e. The van der Waals surface area contributed by atoms with Gasteiger partial charge in [0.05, 0.1) is 12.7 Å². The molecular formula is C19H19FN4OS. The average molecular weight is 370 g/mol. The molecule has 0 aliphatic rings. The summed E-state index contributed by atoms with van der Waals surface area (Å²) in [6, 6.07) is 16.6. The zero-order chi connectivity index (χ0) is 18.2. The van der Waals surface area contributed by atoms with E-state index in [0.29, 0.717) is 35.9 Å². The first-order valence-corrected chi connectivity index (χ1v) is 9.41. The van der Waals surface area contributed by atoms with E-state index >= 15 is 0 Å². The topological polar surface area (TPSA) is 59.8 Å². The van der Waals surface area contributed by atoms with Crippen molar-refractivity contribution in [1.29, 1.82) is 0 Å². The molecule has 1 amide bonds. The van der Waals surface area contributed by atoms with Crippen molar-refractivity contribution in [2.24, 2.45) is 0 Å². The van der Waals surface area contributed by atoms with E-state index < -0.39 is 0 Å². The number of aromatic nitrogens is 3. The van der Waals surface area contributed by atoms with Crippen molar-refractivity contribution in [3.8, 4) is 0 Å². The Morgan fingerprint density at radius 3 is 2.69 bits per heavy atom. The van der Waals surface area contributed by atoms with Crippen LogP contribution in [-0.2, 0) is 12.3 Å². The fraction of sp³-hybridized carbons (Fsp3) is 0.211. The highest BCUT2D eigenvalue weighted by molar-refractivity contribution is 7.98. The highest BCUT2D eigenvalue weighted by Gasteiger charge is 2.10. The highest BCUT2D eigenvalue weighted by atomic mass is 32.2. The van der Waals surface area contributed by atoms with Crippen LogP contribution in [0.4, 0.5) is 4.39 Å². The number of amides is 1. The van der Waals surface area contributed by atoms with Crippen LogP contribution in [0.2, 0.25) is 0 Å². The minimum absolute atomic E-state index is 0.195. The molecule has 2 aromatic carbocycles. The summed E-state index contributed by atoms with van der Waals surface area (Å²) >= 11 is 1.57. The van der Waals surface area contributed by atoms with E-state index in [9.17, 15) is 9.18 Å². The molecule has 5 nitrogen and oxygen atoms in total. The third-order valence-corrected chi connectivity index (χ3v) is 4.71. The normalized spacial score (nSPS) is 10.7. The molecular weight excluding hydrogens is 351 g/mol. The predicted octanol–water partition coefficient (Wildman–Crippen LogP) is 3.13. The quantitative estimate of drug-likeness (QED) is 0.619. The maximum Gasteiger partial charge on any atom is 0.273 e. The van der Waals surface area contributed by atoms with E-state index in [-0.39, 0.29) is 11.7 Å². The molecule has 0 fully saturated rings. The molecule has 0 atom stereocenters. The average Bonchev–Trinajstić information content (AvgIpc) is 3.12. The Balaban J connectivity index is 1.40. The summed E-state index contributed by atoms with van der Waals surface area (Å²) < 4.78 is 15.1. The molecule has 0 unspecified atom stereocenters. The molecule has 3 rings (SSSR count). The molecule has 0 bridgehead atoms. The third kappa shape index (κ3) is 5.16. The molecule has 7 heteroatoms. The van der Waals surface area contributed by atoms with Crippen LogP contribution in [0.25, 0.3) is 0 Å². The first kappa shape index (κ1) is 18.1. The second-order valence-electron chi connectivity index (χ2n) is 5.69. The maximum atomic E-state index is 13.5. The highest BCUT2D eigenvalue weighted by Crippen LogP contribution is 2.14. The molecule has 0 aliphatic heterocycles. The summed E-state index contributed by atoms with van der Waals surface area (Å²) in [5.41, 5.74) is 2.06. The van der Waals surface area contributed by atoms with Crippen molar-refractivity contribution >= 4 is 17.7 Å². The van der Waals surface area contributed by atoms with Gasteiger partial charge < -0.3 is 5.32 Å². The largest absolute Gasteiger partial charge is 0.350 e. The zero-order valence-corrected chi connectivity index (χ0v) is 15.0. The fourth-order valence-corrected chi connectivity index (χ4v) is 3.22. The molecule has 134 valence electrons. The number of hydrogen-bond acceptors (Lipinski definition) is 4. The van der Waals surface area contributed by atoms with Crippen LogP contribution in [-0.4, -0.2) is 33.2 Å². The number of hydrogen-bond donors (Lipinski definition) is 1. The molecule has 0 radical (unpaired) electrons. The Labute approximate surface area is 155 Å². The molecule has 1 heterocycles. The summed E-state index contributed by atoms with van der Waals surface area (Å²) in [6.45, 7) is 1.06. The van der Waals surface area contributed by atoms with Crippen molar-refractivity contribution in [1.82, 2.24) is 20.3 Å². The summed E-state index contributed by atoms with van der Waals surface area (Å²) in [5, 5.41) is 10.7. The molecule has 1 aromatic heterocycles. The van der Waals surface area contributed by atoms with E-state index in [1.807, 2.05) is 36.4 Å². The summed E-state index contributed by atoms with van der Waals surface area (Å²) in [5.74, 6) is 0.823. The lowest BCUT2D eigenvalue weighted by atomic mass is 10.2. The van der Waals surface area contributed by atoms with Crippen LogP contribution < -0.4 is 5.32 Å². The first-order valence-electron chi connectivity index (χ1n) is 8.26. The predicted molar refractivity (Wildman–Crippen MR) is 100 cm³/mol. The van der Waals surface area contributed by atoms with Crippen molar-refractivity contribution in [2.45, 2.75) is 12.3 Å². The van der Waals surface area contributed by atoms with Crippen LogP contribution >= 0.6 is 11.8 Å². The van der Waals surface area contributed by atoms with Crippen LogP contribution in [0.15, 0.2) is 60.8 Å². The summed E-state index contributed by atoms with van der Waals surface area (Å²) in [7, 11) is 0. The van der Waals surface area contributed by atoms with Crippen molar-refractivity contribution in [3.63, 3.8) is 0 Å². The number of benzene rings is 2. The van der Waals surface area contributed by atoms with Crippen LogP contribution in [0.5, 0.6) is 0 Å². The lowest BCUT2D eigenvalue weighted by Crippen LogP contribution is -2.26. The van der Waals surface area contributed by atoms with Gasteiger partial charge in [0, 0.05) is 18.1 Å². The second kappa shape index (κ2) is 9.15. The Bertz CT molecular complexity index is 854. The Hall–Kier alpha value is -2.67. The molecule has 3 aromatic rings. The van der Waals surface area contributed by atoms with Crippen LogP contribution in [0.1, 0.15) is 21.6 Å². The Morgan fingerprint density at radius 2 is 1.88 bits per heavy atom. The van der Waals surface area contributed by atoms with Gasteiger partial charge in [0.25, 0.3) is 5.91 Å². The van der Waals surface area contributed by atoms with Gasteiger partial charge in [-0.05, 0) is 17.2 Å². The number of halogens is 1. The van der Waals surface area contributed by atoms with Crippen LogP contribution in [0.3, 0.4) is 0 Å². The standard InChI is InChI=1S/C19H19FN4OS/c20-17-9-5-4-8-16(17)14-26-11-10-21-19(25)18-13-24(23-22-18)12-15-6-2-1-3-7-15/h1-9,13H,10-12,14H2,(H,21,25). The Morgan fingerprint density at radius 1 is 1.12 bits per heavy atom. The molecule has 0 spiro atoms. The van der Waals surface area contributed by atoms with Crippen LogP contribution in [0, 0.1) is 5.82 Å². The van der Waals surface area contributed by atoms with E-state index in [4.69, 9.17) is 0 Å². The smallest absolute Gasteiger partial charge is 0.273 e. The van der Waals surface area contributed by atoms with Gasteiger partial charge in [-0.1, -0.05) is 53.7 Å². The molecule has 0 saturated carbocycles. The van der Waals surface area contributed by atoms with E-state index in [0.717, 1.165) is 5.56 Å². The van der Waals surface area contributed by atoms with Gasteiger partial charge in [-0.2, -0.15) is 11.8 Å². The lowest BCUT2D eigenvalue weighted by Gasteiger charge is -2.04. The summed E-state index contributed by atoms with van der Waals surface area (Å²) in [6.07, 6.45) is 1.63. The third-order valence-electron chi connectivity index (χ3n) is 3.71. The summed E-state index contributed by atoms with van der Waals surface area (Å²) in [4.78, 5) is 12.1. The number of carbonyl (C=O) groups is 1. The SMILES string of the molecule is O=C(NCCSCc1ccccc1F)c1cn(Cc2ccccc2)nn1. The molecule has 26 heavy (non-hydrogen) atoms. The van der Waals surface area contributed by atoms with E-state index in [2.05, 4.69) is 15.6 Å². The van der Waals surface area contributed by atoms with Gasteiger partial charge >= 0.3 is 0 Å². The second-order valence-corrected chi connectivity index (χ2v) is 6.79. The number of rotatable bonds is 8. The van der Waals surface area contributed by atoms with Gasteiger partial charge in [0.2, 0.25) is 0 Å².